The van der Waals surface area contributed by atoms with E-state index in [0.717, 1.165) is 0 Å². The van der Waals surface area contributed by atoms with Gasteiger partial charge in [0.2, 0.25) is 0 Å². The van der Waals surface area contributed by atoms with Gasteiger partial charge >= 0.3 is 6.09 Å². The van der Waals surface area contributed by atoms with Gasteiger partial charge in [0.05, 0.1) is 29.7 Å². The molecule has 1 heterocycles. The van der Waals surface area contributed by atoms with Crippen molar-refractivity contribution in [1.82, 2.24) is 4.98 Å². The van der Waals surface area contributed by atoms with Crippen LogP contribution in [-0.2, 0) is 4.74 Å². The minimum absolute atomic E-state index is 0.302. The van der Waals surface area contributed by atoms with E-state index in [0.29, 0.717) is 29.4 Å². The van der Waals surface area contributed by atoms with Crippen molar-refractivity contribution in [1.29, 1.82) is 5.26 Å². The summed E-state index contributed by atoms with van der Waals surface area (Å²) in [6.45, 7) is 2.03. The molecule has 0 radical (unpaired) electrons. The molecule has 1 amide bonds. The lowest BCUT2D eigenvalue weighted by Crippen LogP contribution is -2.14. The molecule has 0 bridgehead atoms. The second-order valence-corrected chi connectivity index (χ2v) is 4.06. The lowest BCUT2D eigenvalue weighted by Gasteiger charge is -2.09. The first-order chi connectivity index (χ1) is 10.2. The minimum atomic E-state index is -0.541. The highest BCUT2D eigenvalue weighted by atomic mass is 16.5. The number of anilines is 3. The summed E-state index contributed by atoms with van der Waals surface area (Å²) in [7, 11) is 0. The molecule has 106 valence electrons. The number of carbonyl (C=O) groups is 1. The number of ether oxygens (including phenoxy) is 1. The first-order valence-corrected chi connectivity index (χ1v) is 6.39. The highest BCUT2D eigenvalue weighted by molar-refractivity contribution is 5.83. The van der Waals surface area contributed by atoms with E-state index in [1.807, 2.05) is 12.1 Å². The molecule has 21 heavy (non-hydrogen) atoms. The number of amides is 1. The fraction of sp³-hybridized carbons (Fsp3) is 0.133. The zero-order valence-electron chi connectivity index (χ0n) is 11.5. The number of hydrogen-bond acceptors (Lipinski definition) is 5. The van der Waals surface area contributed by atoms with Crippen LogP contribution in [0.4, 0.5) is 22.0 Å². The van der Waals surface area contributed by atoms with E-state index < -0.39 is 6.09 Å². The van der Waals surface area contributed by atoms with Crippen LogP contribution in [0.15, 0.2) is 42.6 Å². The summed E-state index contributed by atoms with van der Waals surface area (Å²) < 4.78 is 4.76. The van der Waals surface area contributed by atoms with Crippen molar-refractivity contribution in [2.24, 2.45) is 0 Å². The molecule has 0 saturated carbocycles. The topological polar surface area (TPSA) is 87.0 Å². The van der Waals surface area contributed by atoms with E-state index in [9.17, 15) is 4.79 Å². The SMILES string of the molecule is CCOC(=O)Nc1ccc(Nc2ccccc2C#N)cn1. The number of benzene rings is 1. The number of nitriles is 1. The Morgan fingerprint density at radius 1 is 1.33 bits per heavy atom. The molecule has 2 rings (SSSR count). The standard InChI is InChI=1S/C15H14N4O2/c1-2-21-15(20)19-14-8-7-12(10-17-14)18-13-6-4-3-5-11(13)9-16/h3-8,10,18H,2H2,1H3,(H,17,19,20). The van der Waals surface area contributed by atoms with E-state index in [-0.39, 0.29) is 0 Å². The summed E-state index contributed by atoms with van der Waals surface area (Å²) in [6.07, 6.45) is 1.02. The maximum Gasteiger partial charge on any atom is 0.412 e. The summed E-state index contributed by atoms with van der Waals surface area (Å²) in [4.78, 5) is 15.3. The number of rotatable bonds is 4. The van der Waals surface area contributed by atoms with Gasteiger partial charge in [-0.25, -0.2) is 9.78 Å². The van der Waals surface area contributed by atoms with Crippen molar-refractivity contribution in [3.63, 3.8) is 0 Å². The largest absolute Gasteiger partial charge is 0.450 e. The lowest BCUT2D eigenvalue weighted by atomic mass is 10.2. The molecule has 0 aliphatic heterocycles. The normalized spacial score (nSPS) is 9.52. The quantitative estimate of drug-likeness (QED) is 0.898. The Morgan fingerprint density at radius 3 is 2.81 bits per heavy atom. The molecule has 2 aromatic rings. The van der Waals surface area contributed by atoms with E-state index in [1.165, 1.54) is 0 Å². The number of nitrogens with one attached hydrogen (secondary N) is 2. The molecule has 0 aliphatic carbocycles. The van der Waals surface area contributed by atoms with Gasteiger partial charge in [0.1, 0.15) is 11.9 Å². The second kappa shape index (κ2) is 6.91. The van der Waals surface area contributed by atoms with E-state index >= 15 is 0 Å². The average Bonchev–Trinajstić information content (AvgIpc) is 2.50. The summed E-state index contributed by atoms with van der Waals surface area (Å²) >= 11 is 0. The third-order valence-electron chi connectivity index (χ3n) is 2.60. The van der Waals surface area contributed by atoms with Gasteiger partial charge < -0.3 is 10.1 Å². The van der Waals surface area contributed by atoms with Crippen LogP contribution in [0.2, 0.25) is 0 Å². The zero-order valence-corrected chi connectivity index (χ0v) is 11.5. The van der Waals surface area contributed by atoms with Gasteiger partial charge in [-0.15, -0.1) is 0 Å². The molecule has 1 aromatic carbocycles. The fourth-order valence-electron chi connectivity index (χ4n) is 1.66. The van der Waals surface area contributed by atoms with Crippen molar-refractivity contribution in [3.05, 3.63) is 48.2 Å². The van der Waals surface area contributed by atoms with Gasteiger partial charge in [0, 0.05) is 0 Å². The first-order valence-electron chi connectivity index (χ1n) is 6.39. The van der Waals surface area contributed by atoms with E-state index in [1.54, 1.807) is 37.4 Å². The molecular formula is C15H14N4O2. The van der Waals surface area contributed by atoms with Gasteiger partial charge in [-0.1, -0.05) is 12.1 Å². The summed E-state index contributed by atoms with van der Waals surface area (Å²) in [5, 5.41) is 14.6. The summed E-state index contributed by atoms with van der Waals surface area (Å²) in [6, 6.07) is 12.7. The van der Waals surface area contributed by atoms with Crippen LogP contribution < -0.4 is 10.6 Å². The van der Waals surface area contributed by atoms with Crippen molar-refractivity contribution in [2.75, 3.05) is 17.2 Å². The van der Waals surface area contributed by atoms with Gasteiger partial charge in [0.15, 0.2) is 0 Å². The molecule has 1 aromatic heterocycles. The Bertz CT molecular complexity index is 662. The Labute approximate surface area is 122 Å². The molecule has 6 heteroatoms. The Hall–Kier alpha value is -3.07. The van der Waals surface area contributed by atoms with Gasteiger partial charge in [0.25, 0.3) is 0 Å². The smallest absolute Gasteiger partial charge is 0.412 e. The van der Waals surface area contributed by atoms with Crippen LogP contribution in [0.3, 0.4) is 0 Å². The lowest BCUT2D eigenvalue weighted by molar-refractivity contribution is 0.168. The number of pyridine rings is 1. The van der Waals surface area contributed by atoms with Crippen molar-refractivity contribution < 1.29 is 9.53 Å². The first kappa shape index (κ1) is 14.3. The Balaban J connectivity index is 2.06. The Kier molecular flexibility index (Phi) is 4.72. The average molecular weight is 282 g/mol. The van der Waals surface area contributed by atoms with Gasteiger partial charge in [-0.2, -0.15) is 5.26 Å². The van der Waals surface area contributed by atoms with E-state index in [2.05, 4.69) is 21.7 Å². The molecular weight excluding hydrogens is 268 g/mol. The number of nitrogens with zero attached hydrogens (tertiary/aromatic N) is 2. The predicted octanol–water partition coefficient (Wildman–Crippen LogP) is 3.27. The monoisotopic (exact) mass is 282 g/mol. The van der Waals surface area contributed by atoms with Crippen molar-refractivity contribution in [3.8, 4) is 6.07 Å². The molecule has 0 unspecified atom stereocenters. The van der Waals surface area contributed by atoms with Gasteiger partial charge in [-0.3, -0.25) is 5.32 Å². The fourth-order valence-corrected chi connectivity index (χ4v) is 1.66. The highest BCUT2D eigenvalue weighted by Gasteiger charge is 2.04. The van der Waals surface area contributed by atoms with Crippen LogP contribution in [0.1, 0.15) is 12.5 Å². The molecule has 0 atom stereocenters. The summed E-state index contributed by atoms with van der Waals surface area (Å²) in [5.41, 5.74) is 1.96. The predicted molar refractivity (Wildman–Crippen MR) is 79.3 cm³/mol. The zero-order chi connectivity index (χ0) is 15.1. The maximum absolute atomic E-state index is 11.2. The molecule has 6 nitrogen and oxygen atoms in total. The summed E-state index contributed by atoms with van der Waals surface area (Å²) in [5.74, 6) is 0.396. The molecule has 0 fully saturated rings. The van der Waals surface area contributed by atoms with Crippen LogP contribution >= 0.6 is 0 Å². The number of hydrogen-bond donors (Lipinski definition) is 2. The van der Waals surface area contributed by atoms with Crippen LogP contribution in [0.5, 0.6) is 0 Å². The Morgan fingerprint density at radius 2 is 2.14 bits per heavy atom. The van der Waals surface area contributed by atoms with Crippen molar-refractivity contribution >= 4 is 23.3 Å². The third kappa shape index (κ3) is 3.94. The van der Waals surface area contributed by atoms with Crippen molar-refractivity contribution in [2.45, 2.75) is 6.92 Å². The molecule has 0 aliphatic rings. The number of para-hydroxylation sites is 1. The maximum atomic E-state index is 11.2. The minimum Gasteiger partial charge on any atom is -0.450 e. The third-order valence-corrected chi connectivity index (χ3v) is 2.60. The van der Waals surface area contributed by atoms with Crippen LogP contribution in [0, 0.1) is 11.3 Å². The number of carbonyl (C=O) groups excluding carboxylic acids is 1. The van der Waals surface area contributed by atoms with Gasteiger partial charge in [-0.05, 0) is 31.2 Å². The number of aromatic nitrogens is 1. The molecule has 0 spiro atoms. The van der Waals surface area contributed by atoms with Crippen LogP contribution in [0.25, 0.3) is 0 Å². The second-order valence-electron chi connectivity index (χ2n) is 4.06. The highest BCUT2D eigenvalue weighted by Crippen LogP contribution is 2.20. The molecule has 2 N–H and O–H groups in total. The molecule has 0 saturated heterocycles. The van der Waals surface area contributed by atoms with E-state index in [4.69, 9.17) is 10.00 Å². The van der Waals surface area contributed by atoms with Crippen LogP contribution in [-0.4, -0.2) is 17.7 Å².